The van der Waals surface area contributed by atoms with E-state index in [2.05, 4.69) is 175 Å². The summed E-state index contributed by atoms with van der Waals surface area (Å²) in [7, 11) is 0. The summed E-state index contributed by atoms with van der Waals surface area (Å²) < 4.78 is -3.93. The Labute approximate surface area is 211 Å². The molecule has 20 heavy (non-hydrogen) atoms. The lowest BCUT2D eigenvalue weighted by atomic mass is 10.1. The quantitative estimate of drug-likeness (QED) is 0.267. The van der Waals surface area contributed by atoms with Crippen molar-refractivity contribution in [2.75, 3.05) is 6.61 Å². The second-order valence-corrected chi connectivity index (χ2v) is 22.9. The molecule has 1 nitrogen and oxygen atoms in total. The van der Waals surface area contributed by atoms with Gasteiger partial charge < -0.3 is 5.11 Å². The highest BCUT2D eigenvalue weighted by Crippen LogP contribution is 2.71. The van der Waals surface area contributed by atoms with Crippen molar-refractivity contribution in [1.29, 1.82) is 0 Å². The first-order valence-electron chi connectivity index (χ1n) is 4.64. The fourth-order valence-electron chi connectivity index (χ4n) is 0.985. The summed E-state index contributed by atoms with van der Waals surface area (Å²) in [5.74, 6) is 0. The summed E-state index contributed by atoms with van der Waals surface area (Å²) in [5.41, 5.74) is 0. The van der Waals surface area contributed by atoms with Crippen LogP contribution in [0.15, 0.2) is 0 Å². The van der Waals surface area contributed by atoms with Crippen molar-refractivity contribution in [1.82, 2.24) is 0 Å². The van der Waals surface area contributed by atoms with Crippen LogP contribution >= 0.6 is 175 Å². The van der Waals surface area contributed by atoms with E-state index in [4.69, 9.17) is 0 Å². The largest absolute Gasteiger partial charge is 0.394 e. The maximum absolute atomic E-state index is 9.61. The summed E-state index contributed by atoms with van der Waals surface area (Å²) in [6, 6.07) is 0. The van der Waals surface area contributed by atoms with Gasteiger partial charge in [-0.3, -0.25) is 0 Å². The van der Waals surface area contributed by atoms with Gasteiger partial charge in [0.15, 0.2) is 0 Å². The molecular formula is C8H7Br11O. The fraction of sp³-hybridized carbons (Fsp3) is 1.00. The number of hydrogen-bond donors (Lipinski definition) is 1. The third-order valence-corrected chi connectivity index (χ3v) is 24.4. The van der Waals surface area contributed by atoms with Gasteiger partial charge in [0.2, 0.25) is 0 Å². The highest BCUT2D eigenvalue weighted by atomic mass is 79.9. The van der Waals surface area contributed by atoms with E-state index in [1.807, 2.05) is 6.92 Å². The number of hydrogen-bond acceptors (Lipinski definition) is 1. The summed E-state index contributed by atoms with van der Waals surface area (Å²) in [4.78, 5) is 0.0354. The molecule has 0 saturated heterocycles. The molecule has 0 aromatic heterocycles. The molecule has 122 valence electrons. The molecule has 1 N–H and O–H groups in total. The lowest BCUT2D eigenvalue weighted by Crippen LogP contribution is -2.63. The molecule has 0 radical (unpaired) electrons. The van der Waals surface area contributed by atoms with Crippen LogP contribution in [0.2, 0.25) is 0 Å². The molecule has 0 heterocycles. The highest BCUT2D eigenvalue weighted by Gasteiger charge is 2.70. The normalized spacial score (nSPS) is 17.2. The van der Waals surface area contributed by atoms with Crippen molar-refractivity contribution < 1.29 is 5.11 Å². The number of rotatable bonds is 6. The van der Waals surface area contributed by atoms with Crippen LogP contribution in [-0.4, -0.2) is 32.7 Å². The maximum atomic E-state index is 9.61. The average molecular weight is 998 g/mol. The Kier molecular flexibility index (Phi) is 10.7. The highest BCUT2D eigenvalue weighted by molar-refractivity contribution is 9.35. The molecule has 0 aliphatic rings. The summed E-state index contributed by atoms with van der Waals surface area (Å²) >= 11 is 39.8. The van der Waals surface area contributed by atoms with Crippen molar-refractivity contribution in [2.24, 2.45) is 0 Å². The Balaban J connectivity index is 5.98. The smallest absolute Gasteiger partial charge is 0.135 e. The first kappa shape index (κ1) is 25.2. The minimum absolute atomic E-state index is 0.0354. The molecule has 0 aliphatic carbocycles. The monoisotopic (exact) mass is 987 g/mol. The zero-order chi connectivity index (χ0) is 16.8. The Morgan fingerprint density at radius 1 is 0.750 bits per heavy atom. The van der Waals surface area contributed by atoms with E-state index in [0.717, 1.165) is 0 Å². The van der Waals surface area contributed by atoms with Crippen molar-refractivity contribution in [3.05, 3.63) is 0 Å². The van der Waals surface area contributed by atoms with Crippen LogP contribution in [0.5, 0.6) is 0 Å². The summed E-state index contributed by atoms with van der Waals surface area (Å²) in [5, 5.41) is 9.61. The molecule has 0 aromatic rings. The molecule has 1 atom stereocenters. The van der Waals surface area contributed by atoms with Gasteiger partial charge in [0.05, 0.1) is 6.61 Å². The van der Waals surface area contributed by atoms with Gasteiger partial charge in [0, 0.05) is 4.83 Å². The zero-order valence-electron chi connectivity index (χ0n) is 9.39. The SMILES string of the molecule is CC(Br)C(Br)(Br)C(Br)(Br)C(Br)(Br)C(Br)(Br)C(Br)(Br)CO. The Morgan fingerprint density at radius 3 is 1.35 bits per heavy atom. The van der Waals surface area contributed by atoms with E-state index in [1.165, 1.54) is 0 Å². The van der Waals surface area contributed by atoms with Crippen molar-refractivity contribution >= 4 is 175 Å². The lowest BCUT2D eigenvalue weighted by Gasteiger charge is -2.52. The van der Waals surface area contributed by atoms with Crippen LogP contribution < -0.4 is 0 Å². The third kappa shape index (κ3) is 4.55. The second-order valence-electron chi connectivity index (χ2n) is 3.82. The Morgan fingerprint density at radius 2 is 1.10 bits per heavy atom. The van der Waals surface area contributed by atoms with Gasteiger partial charge >= 0.3 is 0 Å². The number of halogens is 11. The van der Waals surface area contributed by atoms with E-state index < -0.39 is 16.2 Å². The van der Waals surface area contributed by atoms with Crippen LogP contribution in [0, 0.1) is 0 Å². The molecule has 1 unspecified atom stereocenters. The number of alkyl halides is 11. The molecular weight excluding hydrogens is 991 g/mol. The van der Waals surface area contributed by atoms with Crippen LogP contribution in [0.3, 0.4) is 0 Å². The van der Waals surface area contributed by atoms with E-state index in [-0.39, 0.29) is 11.4 Å². The van der Waals surface area contributed by atoms with E-state index in [0.29, 0.717) is 0 Å². The topological polar surface area (TPSA) is 20.2 Å². The third-order valence-electron chi connectivity index (χ3n) is 2.36. The molecule has 0 amide bonds. The Hall–Kier alpha value is 5.24. The van der Waals surface area contributed by atoms with Gasteiger partial charge in [-0.25, -0.2) is 0 Å². The predicted octanol–water partition coefficient (Wildman–Crippen LogP) is 8.19. The van der Waals surface area contributed by atoms with Gasteiger partial charge in [0.1, 0.15) is 16.2 Å². The molecule has 0 rings (SSSR count). The van der Waals surface area contributed by atoms with Crippen molar-refractivity contribution in [3.63, 3.8) is 0 Å². The van der Waals surface area contributed by atoms with Gasteiger partial charge in [-0.1, -0.05) is 182 Å². The van der Waals surface area contributed by atoms with Gasteiger partial charge in [0.25, 0.3) is 0 Å². The molecule has 12 heteroatoms. The van der Waals surface area contributed by atoms with E-state index in [9.17, 15) is 5.11 Å². The van der Waals surface area contributed by atoms with Gasteiger partial charge in [-0.2, -0.15) is 0 Å². The van der Waals surface area contributed by atoms with Crippen LogP contribution in [0.1, 0.15) is 6.92 Å². The Bertz CT molecular complexity index is 348. The molecule has 0 bridgehead atoms. The zero-order valence-corrected chi connectivity index (χ0v) is 26.8. The molecule has 0 aromatic carbocycles. The standard InChI is InChI=1S/C8H7Br11O/c1-3(9)5(12,13)7(16,17)8(18,19)6(14,15)4(10,11)2-20/h3,20H,2H2,1H3. The van der Waals surface area contributed by atoms with Gasteiger partial charge in [-0.15, -0.1) is 0 Å². The van der Waals surface area contributed by atoms with Crippen LogP contribution in [0.4, 0.5) is 0 Å². The van der Waals surface area contributed by atoms with Gasteiger partial charge in [-0.05, 0) is 0 Å². The predicted molar refractivity (Wildman–Crippen MR) is 128 cm³/mol. The molecule has 0 saturated carbocycles. The first-order chi connectivity index (χ1) is 8.50. The summed E-state index contributed by atoms with van der Waals surface area (Å²) in [6.07, 6.45) is 0. The van der Waals surface area contributed by atoms with E-state index in [1.54, 1.807) is 0 Å². The van der Waals surface area contributed by atoms with Crippen molar-refractivity contribution in [3.8, 4) is 0 Å². The number of aliphatic hydroxyl groups excluding tert-OH is 1. The maximum Gasteiger partial charge on any atom is 0.135 e. The summed E-state index contributed by atoms with van der Waals surface area (Å²) in [6.45, 7) is 1.81. The van der Waals surface area contributed by atoms with E-state index >= 15 is 0 Å². The van der Waals surface area contributed by atoms with Crippen LogP contribution in [0.25, 0.3) is 0 Å². The lowest BCUT2D eigenvalue weighted by molar-refractivity contribution is 0.282. The minimum Gasteiger partial charge on any atom is -0.394 e. The minimum atomic E-state index is -0.865. The first-order valence-corrected chi connectivity index (χ1v) is 13.5. The molecule has 0 spiro atoms. The fourth-order valence-corrected chi connectivity index (χ4v) is 9.75. The van der Waals surface area contributed by atoms with Crippen molar-refractivity contribution in [2.45, 2.75) is 27.9 Å². The average Bonchev–Trinajstić information content (AvgIpc) is 2.27. The molecule has 0 fully saturated rings. The molecule has 0 aliphatic heterocycles. The van der Waals surface area contributed by atoms with Crippen LogP contribution in [-0.2, 0) is 0 Å². The second kappa shape index (κ2) is 8.50. The number of aliphatic hydroxyl groups is 1.